The highest BCUT2D eigenvalue weighted by Crippen LogP contribution is 2.12. The molecule has 0 unspecified atom stereocenters. The van der Waals surface area contributed by atoms with E-state index >= 15 is 0 Å². The van der Waals surface area contributed by atoms with Crippen molar-refractivity contribution in [1.29, 1.82) is 0 Å². The molecule has 0 aliphatic heterocycles. The Morgan fingerprint density at radius 3 is 3.05 bits per heavy atom. The Bertz CT molecular complexity index is 842. The SMILES string of the molecule is O=C(NCc1nc(-c2cc[nH]c(=O)c2)no1)c1cnccn1. The van der Waals surface area contributed by atoms with Gasteiger partial charge in [-0.05, 0) is 6.07 Å². The number of nitrogens with zero attached hydrogens (tertiary/aromatic N) is 4. The highest BCUT2D eigenvalue weighted by molar-refractivity contribution is 5.91. The monoisotopic (exact) mass is 298 g/mol. The van der Waals surface area contributed by atoms with E-state index in [0.29, 0.717) is 5.56 Å². The van der Waals surface area contributed by atoms with E-state index in [4.69, 9.17) is 4.52 Å². The Morgan fingerprint density at radius 1 is 1.36 bits per heavy atom. The van der Waals surface area contributed by atoms with Gasteiger partial charge < -0.3 is 14.8 Å². The molecule has 0 aliphatic carbocycles. The maximum Gasteiger partial charge on any atom is 0.271 e. The Labute approximate surface area is 123 Å². The third-order valence-electron chi connectivity index (χ3n) is 2.70. The molecule has 9 nitrogen and oxygen atoms in total. The molecule has 110 valence electrons. The summed E-state index contributed by atoms with van der Waals surface area (Å²) in [5, 5.41) is 6.35. The maximum atomic E-state index is 11.8. The van der Waals surface area contributed by atoms with E-state index in [2.05, 4.69) is 30.4 Å². The van der Waals surface area contributed by atoms with Gasteiger partial charge in [0, 0.05) is 30.2 Å². The second-order valence-corrected chi connectivity index (χ2v) is 4.23. The normalized spacial score (nSPS) is 10.4. The van der Waals surface area contributed by atoms with Gasteiger partial charge in [0.05, 0.1) is 12.7 Å². The second kappa shape index (κ2) is 5.95. The van der Waals surface area contributed by atoms with Crippen molar-refractivity contribution in [2.75, 3.05) is 0 Å². The van der Waals surface area contributed by atoms with Crippen LogP contribution in [-0.2, 0) is 6.54 Å². The van der Waals surface area contributed by atoms with Crippen LogP contribution in [0.15, 0.2) is 46.2 Å². The smallest absolute Gasteiger partial charge is 0.271 e. The zero-order chi connectivity index (χ0) is 15.4. The van der Waals surface area contributed by atoms with E-state index in [0.717, 1.165) is 0 Å². The summed E-state index contributed by atoms with van der Waals surface area (Å²) in [6.07, 6.45) is 5.74. The van der Waals surface area contributed by atoms with Crippen LogP contribution < -0.4 is 10.9 Å². The molecular formula is C13H10N6O3. The first kappa shape index (κ1) is 13.6. The van der Waals surface area contributed by atoms with Gasteiger partial charge in [-0.25, -0.2) is 4.98 Å². The standard InChI is InChI=1S/C13H10N6O3/c20-10-5-8(1-2-16-10)12-18-11(22-19-12)7-17-13(21)9-6-14-3-4-15-9/h1-6H,7H2,(H,16,20)(H,17,21). The number of H-pyrrole nitrogens is 1. The summed E-state index contributed by atoms with van der Waals surface area (Å²) in [7, 11) is 0. The van der Waals surface area contributed by atoms with Crippen LogP contribution in [0, 0.1) is 0 Å². The van der Waals surface area contributed by atoms with Crippen molar-refractivity contribution in [2.24, 2.45) is 0 Å². The summed E-state index contributed by atoms with van der Waals surface area (Å²) in [6.45, 7) is 0.0472. The quantitative estimate of drug-likeness (QED) is 0.701. The summed E-state index contributed by atoms with van der Waals surface area (Å²) in [4.78, 5) is 37.3. The number of nitrogens with one attached hydrogen (secondary N) is 2. The molecule has 0 fully saturated rings. The number of rotatable bonds is 4. The summed E-state index contributed by atoms with van der Waals surface area (Å²) >= 11 is 0. The largest absolute Gasteiger partial charge is 0.342 e. The van der Waals surface area contributed by atoms with Gasteiger partial charge in [-0.1, -0.05) is 5.16 Å². The molecule has 22 heavy (non-hydrogen) atoms. The molecular weight excluding hydrogens is 288 g/mol. The van der Waals surface area contributed by atoms with Crippen molar-refractivity contribution in [2.45, 2.75) is 6.54 Å². The molecule has 3 heterocycles. The summed E-state index contributed by atoms with van der Waals surface area (Å²) < 4.78 is 5.02. The predicted molar refractivity (Wildman–Crippen MR) is 73.6 cm³/mol. The van der Waals surface area contributed by atoms with Gasteiger partial charge in [0.15, 0.2) is 0 Å². The van der Waals surface area contributed by atoms with Gasteiger partial charge in [0.25, 0.3) is 5.91 Å². The van der Waals surface area contributed by atoms with Gasteiger partial charge in [-0.2, -0.15) is 4.98 Å². The Hall–Kier alpha value is -3.36. The van der Waals surface area contributed by atoms with E-state index in [9.17, 15) is 9.59 Å². The van der Waals surface area contributed by atoms with Gasteiger partial charge in [0.1, 0.15) is 5.69 Å². The van der Waals surface area contributed by atoms with Crippen molar-refractivity contribution >= 4 is 5.91 Å². The minimum Gasteiger partial charge on any atom is -0.342 e. The molecule has 3 rings (SSSR count). The molecule has 1 amide bonds. The van der Waals surface area contributed by atoms with Crippen LogP contribution in [0.2, 0.25) is 0 Å². The fourth-order valence-corrected chi connectivity index (χ4v) is 1.69. The lowest BCUT2D eigenvalue weighted by molar-refractivity contribution is 0.0941. The minimum absolute atomic E-state index is 0.0472. The molecule has 3 aromatic rings. The highest BCUT2D eigenvalue weighted by atomic mass is 16.5. The molecule has 0 radical (unpaired) electrons. The zero-order valence-corrected chi connectivity index (χ0v) is 11.2. The predicted octanol–water partition coefficient (Wildman–Crippen LogP) is 0.145. The summed E-state index contributed by atoms with van der Waals surface area (Å²) in [6, 6.07) is 3.00. The molecule has 0 saturated heterocycles. The van der Waals surface area contributed by atoms with Gasteiger partial charge >= 0.3 is 0 Å². The van der Waals surface area contributed by atoms with E-state index < -0.39 is 5.91 Å². The number of carbonyl (C=O) groups is 1. The number of carbonyl (C=O) groups excluding carboxylic acids is 1. The van der Waals surface area contributed by atoms with Gasteiger partial charge in [0.2, 0.25) is 17.3 Å². The molecule has 0 spiro atoms. The van der Waals surface area contributed by atoms with Crippen molar-refractivity contribution in [1.82, 2.24) is 30.4 Å². The minimum atomic E-state index is -0.399. The van der Waals surface area contributed by atoms with E-state index in [-0.39, 0.29) is 29.5 Å². The molecule has 0 saturated carbocycles. The average molecular weight is 298 g/mol. The third-order valence-corrected chi connectivity index (χ3v) is 2.70. The first-order chi connectivity index (χ1) is 10.7. The Morgan fingerprint density at radius 2 is 2.27 bits per heavy atom. The van der Waals surface area contributed by atoms with Crippen LogP contribution in [0.4, 0.5) is 0 Å². The fraction of sp³-hybridized carbons (Fsp3) is 0.0769. The summed E-state index contributed by atoms with van der Waals surface area (Å²) in [5.41, 5.74) is 0.454. The topological polar surface area (TPSA) is 127 Å². The van der Waals surface area contributed by atoms with Gasteiger partial charge in [-0.3, -0.25) is 14.6 Å². The first-order valence-corrected chi connectivity index (χ1v) is 6.28. The van der Waals surface area contributed by atoms with E-state index in [1.54, 1.807) is 6.07 Å². The van der Waals surface area contributed by atoms with E-state index in [1.165, 1.54) is 30.9 Å². The Balaban J connectivity index is 1.68. The first-order valence-electron chi connectivity index (χ1n) is 6.28. The second-order valence-electron chi connectivity index (χ2n) is 4.23. The third kappa shape index (κ3) is 3.03. The lowest BCUT2D eigenvalue weighted by atomic mass is 10.2. The molecule has 0 aromatic carbocycles. The van der Waals surface area contributed by atoms with Crippen molar-refractivity contribution in [3.8, 4) is 11.4 Å². The van der Waals surface area contributed by atoms with Crippen LogP contribution in [-0.4, -0.2) is 31.0 Å². The number of hydrogen-bond acceptors (Lipinski definition) is 7. The Kier molecular flexibility index (Phi) is 3.69. The van der Waals surface area contributed by atoms with Crippen LogP contribution in [0.1, 0.15) is 16.4 Å². The summed E-state index contributed by atoms with van der Waals surface area (Å²) in [5.74, 6) is 0.0892. The van der Waals surface area contributed by atoms with Crippen LogP contribution >= 0.6 is 0 Å². The lowest BCUT2D eigenvalue weighted by Crippen LogP contribution is -2.24. The van der Waals surface area contributed by atoms with Crippen LogP contribution in [0.3, 0.4) is 0 Å². The lowest BCUT2D eigenvalue weighted by Gasteiger charge is -1.99. The average Bonchev–Trinajstić information content (AvgIpc) is 3.02. The number of aromatic amines is 1. The van der Waals surface area contributed by atoms with Crippen molar-refractivity contribution in [3.05, 3.63) is 58.9 Å². The van der Waals surface area contributed by atoms with Crippen molar-refractivity contribution < 1.29 is 9.32 Å². The molecule has 9 heteroatoms. The maximum absolute atomic E-state index is 11.8. The number of amides is 1. The van der Waals surface area contributed by atoms with Crippen LogP contribution in [0.5, 0.6) is 0 Å². The number of pyridine rings is 1. The highest BCUT2D eigenvalue weighted by Gasteiger charge is 2.11. The molecule has 2 N–H and O–H groups in total. The number of aromatic nitrogens is 5. The van der Waals surface area contributed by atoms with Crippen molar-refractivity contribution in [3.63, 3.8) is 0 Å². The van der Waals surface area contributed by atoms with Crippen LogP contribution in [0.25, 0.3) is 11.4 Å². The van der Waals surface area contributed by atoms with E-state index in [1.807, 2.05) is 0 Å². The molecule has 3 aromatic heterocycles. The fourth-order valence-electron chi connectivity index (χ4n) is 1.69. The zero-order valence-electron chi connectivity index (χ0n) is 11.2. The van der Waals surface area contributed by atoms with Gasteiger partial charge in [-0.15, -0.1) is 0 Å². The molecule has 0 aliphatic rings. The molecule has 0 atom stereocenters. The number of hydrogen-bond donors (Lipinski definition) is 2. The molecule has 0 bridgehead atoms.